The first-order valence-corrected chi connectivity index (χ1v) is 8.67. The molecule has 0 bridgehead atoms. The minimum absolute atomic E-state index is 0.214. The van der Waals surface area contributed by atoms with E-state index in [0.717, 1.165) is 22.5 Å². The molecule has 5 N–H and O–H groups in total. The standard InChI is InChI=1S/C20H18N6O2/c1-28-15-4-2-3-14(9-15)26-20(27)25-13-7-5-12(6-8-13)17-18-16(10-22-17)19(21)24-11-23-18/h2-11,17H,1H3,(H2,21,23,24)(H2,25,26,27)/p+1. The number of urea groups is 1. The minimum atomic E-state index is -0.217. The van der Waals surface area contributed by atoms with E-state index in [4.69, 9.17) is 10.5 Å². The predicted octanol–water partition coefficient (Wildman–Crippen LogP) is 2.02. The lowest BCUT2D eigenvalue weighted by molar-refractivity contribution is -0.459. The van der Waals surface area contributed by atoms with Gasteiger partial charge in [-0.3, -0.25) is 10.3 Å². The van der Waals surface area contributed by atoms with Crippen molar-refractivity contribution < 1.29 is 14.8 Å². The smallest absolute Gasteiger partial charge is 0.422 e. The lowest BCUT2D eigenvalue weighted by Crippen LogP contribution is -2.83. The number of fused-ring (bicyclic) bond motifs is 1. The van der Waals surface area contributed by atoms with Crippen LogP contribution in [0.5, 0.6) is 5.75 Å². The summed E-state index contributed by atoms with van der Waals surface area (Å²) in [5, 5.41) is 4.38. The molecule has 3 aromatic rings. The van der Waals surface area contributed by atoms with Crippen LogP contribution in [0.1, 0.15) is 22.9 Å². The summed E-state index contributed by atoms with van der Waals surface area (Å²) >= 11 is 0. The van der Waals surface area contributed by atoms with E-state index in [1.807, 2.05) is 42.5 Å². The fourth-order valence-corrected chi connectivity index (χ4v) is 3.05. The third-order valence-corrected chi connectivity index (χ3v) is 4.44. The third kappa shape index (κ3) is 3.53. The normalized spacial score (nSPS) is 14.5. The maximum atomic E-state index is 12.3. The second-order valence-corrected chi connectivity index (χ2v) is 6.27. The molecule has 2 heterocycles. The first-order valence-electron chi connectivity index (χ1n) is 8.67. The second kappa shape index (κ2) is 7.45. The van der Waals surface area contributed by atoms with Crippen molar-refractivity contribution in [1.29, 1.82) is 0 Å². The van der Waals surface area contributed by atoms with Crippen molar-refractivity contribution in [2.75, 3.05) is 18.2 Å². The van der Waals surface area contributed by atoms with E-state index in [1.54, 1.807) is 19.4 Å². The van der Waals surface area contributed by atoms with Gasteiger partial charge in [0.25, 0.3) is 0 Å². The van der Waals surface area contributed by atoms with Gasteiger partial charge in [-0.05, 0) is 29.8 Å². The van der Waals surface area contributed by atoms with Crippen LogP contribution in [0.15, 0.2) is 59.9 Å². The van der Waals surface area contributed by atoms with Gasteiger partial charge in [0.1, 0.15) is 29.6 Å². The van der Waals surface area contributed by atoms with E-state index >= 15 is 0 Å². The number of carbonyl (C=O) groups is 1. The van der Waals surface area contributed by atoms with Gasteiger partial charge in [-0.2, -0.15) is 0 Å². The van der Waals surface area contributed by atoms with Crippen molar-refractivity contribution in [1.82, 2.24) is 9.97 Å². The summed E-state index contributed by atoms with van der Waals surface area (Å²) in [5.74, 6) is 1.13. The molecule has 0 radical (unpaired) electrons. The van der Waals surface area contributed by atoms with E-state index in [0.29, 0.717) is 17.3 Å². The number of quaternary nitrogens is 1. The van der Waals surface area contributed by atoms with Crippen molar-refractivity contribution in [3.63, 3.8) is 0 Å². The molecule has 0 saturated carbocycles. The SMILES string of the molecule is COc1cccc([NH2+]C(=O)Nc2ccc(C3N=Cc4c(N)ncnc43)cc2)c1. The van der Waals surface area contributed by atoms with Crippen LogP contribution in [0, 0.1) is 0 Å². The molecule has 1 aromatic heterocycles. The van der Waals surface area contributed by atoms with E-state index in [9.17, 15) is 4.79 Å². The molecule has 1 atom stereocenters. The Kier molecular flexibility index (Phi) is 4.69. The summed E-state index contributed by atoms with van der Waals surface area (Å²) in [6.07, 6.45) is 3.15. The molecule has 0 saturated heterocycles. The number of anilines is 2. The zero-order valence-corrected chi connectivity index (χ0v) is 15.2. The van der Waals surface area contributed by atoms with Gasteiger partial charge < -0.3 is 10.5 Å². The lowest BCUT2D eigenvalue weighted by atomic mass is 10.0. The summed E-state index contributed by atoms with van der Waals surface area (Å²) in [4.78, 5) is 25.0. The molecule has 0 spiro atoms. The fraction of sp³-hybridized carbons (Fsp3) is 0.100. The number of hydrogen-bond donors (Lipinski definition) is 3. The van der Waals surface area contributed by atoms with Crippen molar-refractivity contribution >= 4 is 29.4 Å². The number of rotatable bonds is 4. The quantitative estimate of drug-likeness (QED) is 0.603. The number of nitrogens with zero attached hydrogens (tertiary/aromatic N) is 3. The number of amides is 2. The van der Waals surface area contributed by atoms with Crippen LogP contribution < -0.4 is 21.1 Å². The number of primary amides is 1. The van der Waals surface area contributed by atoms with Crippen LogP contribution >= 0.6 is 0 Å². The van der Waals surface area contributed by atoms with Gasteiger partial charge in [-0.25, -0.2) is 20.1 Å². The van der Waals surface area contributed by atoms with Crippen LogP contribution in [-0.4, -0.2) is 29.3 Å². The maximum absolute atomic E-state index is 12.3. The number of methoxy groups -OCH3 is 1. The van der Waals surface area contributed by atoms with Crippen molar-refractivity contribution in [2.24, 2.45) is 4.99 Å². The van der Waals surface area contributed by atoms with Gasteiger partial charge in [-0.15, -0.1) is 0 Å². The maximum Gasteiger partial charge on any atom is 0.422 e. The number of aromatic nitrogens is 2. The van der Waals surface area contributed by atoms with Gasteiger partial charge in [-0.1, -0.05) is 18.2 Å². The summed E-state index contributed by atoms with van der Waals surface area (Å²) in [6, 6.07) is 14.4. The van der Waals surface area contributed by atoms with Crippen molar-refractivity contribution in [3.05, 3.63) is 71.7 Å². The highest BCUT2D eigenvalue weighted by molar-refractivity contribution is 5.90. The van der Waals surface area contributed by atoms with Gasteiger partial charge >= 0.3 is 6.03 Å². The largest absolute Gasteiger partial charge is 0.497 e. The Morgan fingerprint density at radius 3 is 2.79 bits per heavy atom. The van der Waals surface area contributed by atoms with Crippen LogP contribution in [0.3, 0.4) is 0 Å². The zero-order valence-electron chi connectivity index (χ0n) is 15.2. The first kappa shape index (κ1) is 17.6. The third-order valence-electron chi connectivity index (χ3n) is 4.44. The van der Waals surface area contributed by atoms with Crippen LogP contribution in [0.25, 0.3) is 0 Å². The number of aliphatic imine (C=N–C) groups is 1. The molecule has 28 heavy (non-hydrogen) atoms. The number of carbonyl (C=O) groups excluding carboxylic acids is 1. The topological polar surface area (TPSA) is 119 Å². The highest BCUT2D eigenvalue weighted by Gasteiger charge is 2.24. The molecule has 8 nitrogen and oxygen atoms in total. The van der Waals surface area contributed by atoms with Gasteiger partial charge in [0.05, 0.1) is 18.4 Å². The van der Waals surface area contributed by atoms with Crippen molar-refractivity contribution in [3.8, 4) is 5.75 Å². The highest BCUT2D eigenvalue weighted by atomic mass is 16.5. The average Bonchev–Trinajstić information content (AvgIpc) is 3.14. The predicted molar refractivity (Wildman–Crippen MR) is 106 cm³/mol. The van der Waals surface area contributed by atoms with Crippen LogP contribution in [0.4, 0.5) is 22.0 Å². The van der Waals surface area contributed by atoms with Crippen LogP contribution in [0.2, 0.25) is 0 Å². The molecule has 1 aliphatic heterocycles. The van der Waals surface area contributed by atoms with Gasteiger partial charge in [0.2, 0.25) is 0 Å². The Morgan fingerprint density at radius 1 is 1.18 bits per heavy atom. The Labute approximate surface area is 161 Å². The zero-order chi connectivity index (χ0) is 19.5. The molecule has 1 unspecified atom stereocenters. The molecular weight excluding hydrogens is 356 g/mol. The summed E-state index contributed by atoms with van der Waals surface area (Å²) < 4.78 is 5.17. The summed E-state index contributed by atoms with van der Waals surface area (Å²) in [7, 11) is 1.59. The van der Waals surface area contributed by atoms with Crippen molar-refractivity contribution in [2.45, 2.75) is 6.04 Å². The Hall–Kier alpha value is -3.78. The Balaban J connectivity index is 1.44. The minimum Gasteiger partial charge on any atom is -0.497 e. The second-order valence-electron chi connectivity index (χ2n) is 6.27. The molecule has 1 aliphatic rings. The number of benzene rings is 2. The monoisotopic (exact) mass is 375 g/mol. The lowest BCUT2D eigenvalue weighted by Gasteiger charge is -2.10. The van der Waals surface area contributed by atoms with E-state index in [-0.39, 0.29) is 12.1 Å². The average molecular weight is 375 g/mol. The molecule has 4 rings (SSSR count). The number of nitrogen functional groups attached to an aromatic ring is 1. The molecule has 8 heteroatoms. The van der Waals surface area contributed by atoms with Gasteiger partial charge in [0, 0.05) is 18.0 Å². The molecule has 2 amide bonds. The van der Waals surface area contributed by atoms with Gasteiger partial charge in [0.15, 0.2) is 0 Å². The molecule has 2 aromatic carbocycles. The van der Waals surface area contributed by atoms with E-state index in [2.05, 4.69) is 20.3 Å². The fourth-order valence-electron chi connectivity index (χ4n) is 3.05. The summed E-state index contributed by atoms with van der Waals surface area (Å²) in [5.41, 5.74) is 9.84. The van der Waals surface area contributed by atoms with E-state index in [1.165, 1.54) is 11.6 Å². The molecule has 140 valence electrons. The number of nitrogens with two attached hydrogens (primary N) is 2. The molecule has 0 fully saturated rings. The Bertz CT molecular complexity index is 1050. The number of ether oxygens (including phenoxy) is 1. The molecular formula is C20H19N6O2+. The highest BCUT2D eigenvalue weighted by Crippen LogP contribution is 2.32. The Morgan fingerprint density at radius 2 is 2.00 bits per heavy atom. The summed E-state index contributed by atoms with van der Waals surface area (Å²) in [6.45, 7) is 0. The van der Waals surface area contributed by atoms with E-state index < -0.39 is 0 Å². The number of hydrogen-bond acceptors (Lipinski definition) is 6. The first-order chi connectivity index (χ1) is 13.6. The molecule has 0 aliphatic carbocycles. The van der Waals surface area contributed by atoms with Crippen LogP contribution in [-0.2, 0) is 0 Å². The number of nitrogens with one attached hydrogen (secondary N) is 1.